The summed E-state index contributed by atoms with van der Waals surface area (Å²) in [5.41, 5.74) is 8.14. The predicted octanol–water partition coefficient (Wildman–Crippen LogP) is 5.69. The molecule has 5 aromatic rings. The number of pyridine rings is 2. The van der Waals surface area contributed by atoms with Crippen LogP contribution in [0.5, 0.6) is 0 Å². The van der Waals surface area contributed by atoms with Gasteiger partial charge >= 0.3 is 0 Å². The second-order valence-corrected chi connectivity index (χ2v) is 9.15. The van der Waals surface area contributed by atoms with Crippen molar-refractivity contribution in [2.45, 2.75) is 38.5 Å². The van der Waals surface area contributed by atoms with E-state index in [9.17, 15) is 0 Å². The van der Waals surface area contributed by atoms with E-state index in [-0.39, 0.29) is 5.41 Å². The van der Waals surface area contributed by atoms with Crippen molar-refractivity contribution < 1.29 is 0 Å². The molecule has 0 aliphatic heterocycles. The number of fused-ring (bicyclic) bond motifs is 2. The van der Waals surface area contributed by atoms with Gasteiger partial charge in [0.15, 0.2) is 0 Å². The normalized spacial score (nSPS) is 15.1. The molecule has 0 amide bonds. The number of H-pyrrole nitrogens is 2. The van der Waals surface area contributed by atoms with Gasteiger partial charge in [0.1, 0.15) is 5.69 Å². The van der Waals surface area contributed by atoms with Crippen LogP contribution in [0.2, 0.25) is 0 Å². The Morgan fingerprint density at radius 3 is 2.66 bits per heavy atom. The third-order valence-electron chi connectivity index (χ3n) is 6.55. The largest absolute Gasteiger partial charge is 0.281 e. The Balaban J connectivity index is 1.52. The van der Waals surface area contributed by atoms with E-state index >= 15 is 0 Å². The second-order valence-electron chi connectivity index (χ2n) is 9.15. The van der Waals surface area contributed by atoms with Crippen molar-refractivity contribution in [3.63, 3.8) is 0 Å². The lowest BCUT2D eigenvalue weighted by molar-refractivity contribution is 0.420. The fraction of sp³-hybridized carbons (Fsp3) is 0.231. The molecule has 1 aromatic carbocycles. The van der Waals surface area contributed by atoms with E-state index in [2.05, 4.69) is 58.4 Å². The molecule has 6 rings (SSSR count). The highest BCUT2D eigenvalue weighted by Gasteiger charge is 2.32. The molecule has 4 aromatic heterocycles. The number of benzene rings is 1. The van der Waals surface area contributed by atoms with Gasteiger partial charge in [0.05, 0.1) is 22.8 Å². The molecule has 158 valence electrons. The highest BCUT2D eigenvalue weighted by atomic mass is 15.1. The first-order valence-electron chi connectivity index (χ1n) is 11.0. The van der Waals surface area contributed by atoms with E-state index in [4.69, 9.17) is 10.1 Å². The van der Waals surface area contributed by atoms with Gasteiger partial charge in [-0.1, -0.05) is 44.2 Å². The molecule has 6 heteroatoms. The average molecular weight is 421 g/mol. The van der Waals surface area contributed by atoms with Crippen molar-refractivity contribution in [3.8, 4) is 34.0 Å². The molecule has 0 radical (unpaired) electrons. The summed E-state index contributed by atoms with van der Waals surface area (Å²) >= 11 is 0. The molecular weight excluding hydrogens is 396 g/mol. The molecule has 0 atom stereocenters. The van der Waals surface area contributed by atoms with Gasteiger partial charge in [-0.25, -0.2) is 4.98 Å². The quantitative estimate of drug-likeness (QED) is 0.393. The number of nitrogens with one attached hydrogen (secondary N) is 2. The first-order chi connectivity index (χ1) is 15.6. The van der Waals surface area contributed by atoms with Crippen LogP contribution in [-0.2, 0) is 11.8 Å². The predicted molar refractivity (Wildman–Crippen MR) is 126 cm³/mol. The van der Waals surface area contributed by atoms with Crippen LogP contribution in [0.4, 0.5) is 0 Å². The van der Waals surface area contributed by atoms with Gasteiger partial charge < -0.3 is 0 Å². The summed E-state index contributed by atoms with van der Waals surface area (Å²) in [4.78, 5) is 9.43. The van der Waals surface area contributed by atoms with Crippen molar-refractivity contribution in [1.82, 2.24) is 30.4 Å². The van der Waals surface area contributed by atoms with Crippen molar-refractivity contribution in [1.29, 1.82) is 0 Å². The van der Waals surface area contributed by atoms with Gasteiger partial charge in [-0.05, 0) is 42.8 Å². The molecule has 1 aliphatic rings. The molecule has 32 heavy (non-hydrogen) atoms. The van der Waals surface area contributed by atoms with Crippen LogP contribution in [0, 0.1) is 0 Å². The van der Waals surface area contributed by atoms with Gasteiger partial charge in [-0.2, -0.15) is 10.2 Å². The molecule has 0 unspecified atom stereocenters. The Hall–Kier alpha value is -3.80. The zero-order chi connectivity index (χ0) is 21.7. The van der Waals surface area contributed by atoms with Gasteiger partial charge in [0, 0.05) is 40.0 Å². The van der Waals surface area contributed by atoms with E-state index in [1.807, 2.05) is 36.7 Å². The van der Waals surface area contributed by atoms with Crippen LogP contribution in [0.3, 0.4) is 0 Å². The monoisotopic (exact) mass is 420 g/mol. The van der Waals surface area contributed by atoms with Gasteiger partial charge in [0.25, 0.3) is 0 Å². The lowest BCUT2D eigenvalue weighted by Gasteiger charge is -2.29. The van der Waals surface area contributed by atoms with E-state index < -0.39 is 0 Å². The van der Waals surface area contributed by atoms with Crippen LogP contribution in [-0.4, -0.2) is 30.4 Å². The van der Waals surface area contributed by atoms with Crippen molar-refractivity contribution >= 4 is 10.8 Å². The maximum Gasteiger partial charge on any atom is 0.114 e. The smallest absolute Gasteiger partial charge is 0.114 e. The molecule has 0 saturated carbocycles. The molecular formula is C26H24N6. The van der Waals surface area contributed by atoms with Crippen LogP contribution in [0.25, 0.3) is 44.8 Å². The minimum absolute atomic E-state index is 0.108. The van der Waals surface area contributed by atoms with Crippen LogP contribution < -0.4 is 0 Å². The average Bonchev–Trinajstić information content (AvgIpc) is 3.47. The fourth-order valence-electron chi connectivity index (χ4n) is 4.83. The SMILES string of the molecule is CC1(C)CCCc2c(-c3cc4ccncc4c(-c4cc(-c5ccccc5)n[nH]4)n3)n[nH]c21. The molecule has 4 heterocycles. The Bertz CT molecular complexity index is 1430. The Kier molecular flexibility index (Phi) is 4.21. The van der Waals surface area contributed by atoms with E-state index in [0.717, 1.165) is 57.6 Å². The fourth-order valence-corrected chi connectivity index (χ4v) is 4.83. The van der Waals surface area contributed by atoms with E-state index in [1.165, 1.54) is 17.7 Å². The van der Waals surface area contributed by atoms with Crippen LogP contribution >= 0.6 is 0 Å². The van der Waals surface area contributed by atoms with Crippen molar-refractivity contribution in [2.24, 2.45) is 0 Å². The number of aromatic amines is 2. The summed E-state index contributed by atoms with van der Waals surface area (Å²) in [5, 5.41) is 17.9. The van der Waals surface area contributed by atoms with Crippen molar-refractivity contribution in [3.05, 3.63) is 72.2 Å². The summed E-state index contributed by atoms with van der Waals surface area (Å²) in [6.45, 7) is 4.57. The Morgan fingerprint density at radius 1 is 0.906 bits per heavy atom. The lowest BCUT2D eigenvalue weighted by Crippen LogP contribution is -2.23. The first kappa shape index (κ1) is 18.9. The van der Waals surface area contributed by atoms with Crippen LogP contribution in [0.1, 0.15) is 37.9 Å². The third-order valence-corrected chi connectivity index (χ3v) is 6.55. The van der Waals surface area contributed by atoms with Gasteiger partial charge in [-0.15, -0.1) is 0 Å². The molecule has 1 aliphatic carbocycles. The van der Waals surface area contributed by atoms with Gasteiger partial charge in [0.2, 0.25) is 0 Å². The highest BCUT2D eigenvalue weighted by Crippen LogP contribution is 2.40. The standard InChI is InChI=1S/C26H24N6/c1-26(2)11-6-9-18-24(31-32-25(18)26)21-13-17-10-12-27-15-19(17)23(28-21)22-14-20(29-30-22)16-7-4-3-5-8-16/h3-5,7-8,10,12-15H,6,9,11H2,1-2H3,(H,29,30)(H,31,32). The zero-order valence-electron chi connectivity index (χ0n) is 18.2. The summed E-state index contributed by atoms with van der Waals surface area (Å²) < 4.78 is 0. The summed E-state index contributed by atoms with van der Waals surface area (Å²) in [7, 11) is 0. The molecule has 0 spiro atoms. The van der Waals surface area contributed by atoms with Gasteiger partial charge in [-0.3, -0.25) is 15.2 Å². The van der Waals surface area contributed by atoms with Crippen molar-refractivity contribution in [2.75, 3.05) is 0 Å². The molecule has 2 N–H and O–H groups in total. The molecule has 0 bridgehead atoms. The summed E-state index contributed by atoms with van der Waals surface area (Å²) in [6.07, 6.45) is 7.05. The Morgan fingerprint density at radius 2 is 1.78 bits per heavy atom. The molecule has 0 fully saturated rings. The number of aromatic nitrogens is 6. The van der Waals surface area contributed by atoms with E-state index in [1.54, 1.807) is 0 Å². The number of nitrogens with zero attached hydrogens (tertiary/aromatic N) is 4. The number of hydrogen-bond acceptors (Lipinski definition) is 4. The van der Waals surface area contributed by atoms with Crippen LogP contribution in [0.15, 0.2) is 60.9 Å². The number of hydrogen-bond donors (Lipinski definition) is 2. The summed E-state index contributed by atoms with van der Waals surface area (Å²) in [6, 6.07) is 16.4. The minimum Gasteiger partial charge on any atom is -0.281 e. The summed E-state index contributed by atoms with van der Waals surface area (Å²) in [5.74, 6) is 0. The lowest BCUT2D eigenvalue weighted by atomic mass is 9.76. The Labute approximate surface area is 186 Å². The van der Waals surface area contributed by atoms with E-state index in [0.29, 0.717) is 0 Å². The second kappa shape index (κ2) is 7.12. The molecule has 6 nitrogen and oxygen atoms in total. The topological polar surface area (TPSA) is 83.1 Å². The third kappa shape index (κ3) is 3.02. The highest BCUT2D eigenvalue weighted by molar-refractivity contribution is 5.96. The maximum absolute atomic E-state index is 5.08. The first-order valence-corrected chi connectivity index (χ1v) is 11.0. The minimum atomic E-state index is 0.108. The molecule has 0 saturated heterocycles. The zero-order valence-corrected chi connectivity index (χ0v) is 18.2. The number of rotatable bonds is 3. The maximum atomic E-state index is 5.08.